The summed E-state index contributed by atoms with van der Waals surface area (Å²) >= 11 is 0. The highest BCUT2D eigenvalue weighted by Gasteiger charge is 2.21. The van der Waals surface area contributed by atoms with E-state index in [1.165, 1.54) is 75.3 Å². The molecule has 0 atom stereocenters. The standard InChI is InChI=1S/C24H30/c1-4-10-19(11-5-1)22-16-23(20-12-6-2-7-13-20)18-24(17-22)21-14-8-3-9-15-21/h1,4-5,10-11,16-18,20-21H,2-3,6-9,12-15H2. The second kappa shape index (κ2) is 7.55. The highest BCUT2D eigenvalue weighted by molar-refractivity contribution is 5.65. The van der Waals surface area contributed by atoms with E-state index in [1.807, 2.05) is 0 Å². The Hall–Kier alpha value is -1.56. The number of rotatable bonds is 3. The molecule has 0 heteroatoms. The topological polar surface area (TPSA) is 0 Å². The first-order chi connectivity index (χ1) is 11.9. The molecule has 126 valence electrons. The molecule has 0 radical (unpaired) electrons. The van der Waals surface area contributed by atoms with Crippen molar-refractivity contribution < 1.29 is 0 Å². The highest BCUT2D eigenvalue weighted by atomic mass is 14.3. The molecule has 24 heavy (non-hydrogen) atoms. The van der Waals surface area contributed by atoms with Gasteiger partial charge in [-0.15, -0.1) is 0 Å². The second-order valence-corrected chi connectivity index (χ2v) is 7.92. The molecule has 2 fully saturated rings. The normalized spacial score (nSPS) is 20.2. The quantitative estimate of drug-likeness (QED) is 0.551. The molecule has 0 heterocycles. The van der Waals surface area contributed by atoms with Gasteiger partial charge in [-0.25, -0.2) is 0 Å². The van der Waals surface area contributed by atoms with Gasteiger partial charge >= 0.3 is 0 Å². The van der Waals surface area contributed by atoms with E-state index in [-0.39, 0.29) is 0 Å². The van der Waals surface area contributed by atoms with Crippen molar-refractivity contribution in [3.63, 3.8) is 0 Å². The van der Waals surface area contributed by atoms with Crippen LogP contribution in [0.2, 0.25) is 0 Å². The largest absolute Gasteiger partial charge is 0.0622 e. The third-order valence-electron chi connectivity index (χ3n) is 6.24. The maximum Gasteiger partial charge on any atom is -0.0162 e. The van der Waals surface area contributed by atoms with E-state index >= 15 is 0 Å². The van der Waals surface area contributed by atoms with Crippen LogP contribution in [0.25, 0.3) is 11.1 Å². The minimum absolute atomic E-state index is 0.796. The van der Waals surface area contributed by atoms with E-state index in [0.717, 1.165) is 11.8 Å². The molecule has 2 aliphatic carbocycles. The Kier molecular flexibility index (Phi) is 5.02. The van der Waals surface area contributed by atoms with Crippen LogP contribution in [-0.4, -0.2) is 0 Å². The Balaban J connectivity index is 1.72. The summed E-state index contributed by atoms with van der Waals surface area (Å²) in [6.07, 6.45) is 14.1. The van der Waals surface area contributed by atoms with Gasteiger partial charge in [0.15, 0.2) is 0 Å². The van der Waals surface area contributed by atoms with Crippen molar-refractivity contribution in [1.82, 2.24) is 0 Å². The van der Waals surface area contributed by atoms with Gasteiger partial charge in [0.1, 0.15) is 0 Å². The predicted octanol–water partition coefficient (Wildman–Crippen LogP) is 7.45. The van der Waals surface area contributed by atoms with Gasteiger partial charge in [0.05, 0.1) is 0 Å². The van der Waals surface area contributed by atoms with Crippen molar-refractivity contribution in [3.8, 4) is 11.1 Å². The minimum Gasteiger partial charge on any atom is -0.0622 e. The molecular formula is C24H30. The van der Waals surface area contributed by atoms with Crippen LogP contribution < -0.4 is 0 Å². The first-order valence-electron chi connectivity index (χ1n) is 10.1. The summed E-state index contributed by atoms with van der Waals surface area (Å²) in [4.78, 5) is 0. The van der Waals surface area contributed by atoms with Gasteiger partial charge < -0.3 is 0 Å². The Labute approximate surface area is 147 Å². The van der Waals surface area contributed by atoms with E-state index in [4.69, 9.17) is 0 Å². The van der Waals surface area contributed by atoms with Crippen LogP contribution in [0.3, 0.4) is 0 Å². The Morgan fingerprint density at radius 1 is 0.500 bits per heavy atom. The van der Waals surface area contributed by atoms with Crippen LogP contribution in [0.4, 0.5) is 0 Å². The van der Waals surface area contributed by atoms with Crippen molar-refractivity contribution in [3.05, 3.63) is 59.7 Å². The lowest BCUT2D eigenvalue weighted by Crippen LogP contribution is -2.08. The van der Waals surface area contributed by atoms with Crippen molar-refractivity contribution >= 4 is 0 Å². The molecule has 4 rings (SSSR count). The van der Waals surface area contributed by atoms with Gasteiger partial charge in [-0.3, -0.25) is 0 Å². The maximum atomic E-state index is 2.58. The zero-order valence-electron chi connectivity index (χ0n) is 14.8. The Morgan fingerprint density at radius 3 is 1.50 bits per heavy atom. The summed E-state index contributed by atoms with van der Waals surface area (Å²) in [6, 6.07) is 18.6. The molecule has 0 nitrogen and oxygen atoms in total. The lowest BCUT2D eigenvalue weighted by molar-refractivity contribution is 0.435. The zero-order valence-corrected chi connectivity index (χ0v) is 14.8. The molecule has 2 aliphatic rings. The van der Waals surface area contributed by atoms with Crippen molar-refractivity contribution in [1.29, 1.82) is 0 Å². The molecule has 0 saturated heterocycles. The zero-order chi connectivity index (χ0) is 16.2. The van der Waals surface area contributed by atoms with Crippen LogP contribution >= 0.6 is 0 Å². The summed E-state index contributed by atoms with van der Waals surface area (Å²) in [5.41, 5.74) is 6.07. The van der Waals surface area contributed by atoms with Gasteiger partial charge in [0.2, 0.25) is 0 Å². The maximum absolute atomic E-state index is 2.58. The van der Waals surface area contributed by atoms with Crippen molar-refractivity contribution in [2.24, 2.45) is 0 Å². The van der Waals surface area contributed by atoms with Gasteiger partial charge in [-0.1, -0.05) is 87.1 Å². The fourth-order valence-corrected chi connectivity index (χ4v) is 4.82. The number of benzene rings is 2. The molecule has 2 aromatic carbocycles. The SMILES string of the molecule is c1ccc(-c2cc(C3CCCCC3)cc(C3CCCCC3)c2)cc1. The highest BCUT2D eigenvalue weighted by Crippen LogP contribution is 2.39. The average Bonchev–Trinajstić information content (AvgIpc) is 2.70. The summed E-state index contributed by atoms with van der Waals surface area (Å²) in [7, 11) is 0. The van der Waals surface area contributed by atoms with E-state index in [9.17, 15) is 0 Å². The van der Waals surface area contributed by atoms with Crippen molar-refractivity contribution in [2.75, 3.05) is 0 Å². The average molecular weight is 319 g/mol. The molecule has 0 unspecified atom stereocenters. The lowest BCUT2D eigenvalue weighted by Gasteiger charge is -2.27. The first kappa shape index (κ1) is 15.9. The first-order valence-corrected chi connectivity index (χ1v) is 10.1. The molecule has 0 spiro atoms. The number of hydrogen-bond donors (Lipinski definition) is 0. The molecule has 2 saturated carbocycles. The van der Waals surface area contributed by atoms with Gasteiger partial charge in [0, 0.05) is 0 Å². The molecule has 0 aliphatic heterocycles. The van der Waals surface area contributed by atoms with Gasteiger partial charge in [-0.2, -0.15) is 0 Å². The summed E-state index contributed by atoms with van der Waals surface area (Å²) in [5.74, 6) is 1.59. The van der Waals surface area contributed by atoms with E-state index in [0.29, 0.717) is 0 Å². The molecule has 0 amide bonds. The lowest BCUT2D eigenvalue weighted by atomic mass is 9.78. The van der Waals surface area contributed by atoms with Crippen molar-refractivity contribution in [2.45, 2.75) is 76.0 Å². The fourth-order valence-electron chi connectivity index (χ4n) is 4.82. The Morgan fingerprint density at radius 2 is 1.00 bits per heavy atom. The van der Waals surface area contributed by atoms with Crippen LogP contribution in [0, 0.1) is 0 Å². The van der Waals surface area contributed by atoms with E-state index in [1.54, 1.807) is 11.1 Å². The molecule has 2 aromatic rings. The summed E-state index contributed by atoms with van der Waals surface area (Å²) < 4.78 is 0. The van der Waals surface area contributed by atoms with Crippen LogP contribution in [0.5, 0.6) is 0 Å². The second-order valence-electron chi connectivity index (χ2n) is 7.92. The predicted molar refractivity (Wildman–Crippen MR) is 104 cm³/mol. The molecular weight excluding hydrogens is 288 g/mol. The van der Waals surface area contributed by atoms with Crippen LogP contribution in [0.1, 0.15) is 87.2 Å². The molecule has 0 aromatic heterocycles. The molecule has 0 bridgehead atoms. The minimum atomic E-state index is 0.796. The van der Waals surface area contributed by atoms with Crippen LogP contribution in [0.15, 0.2) is 48.5 Å². The summed E-state index contributed by atoms with van der Waals surface area (Å²) in [6.45, 7) is 0. The third kappa shape index (κ3) is 3.58. The third-order valence-corrected chi connectivity index (χ3v) is 6.24. The molecule has 0 N–H and O–H groups in total. The monoisotopic (exact) mass is 318 g/mol. The Bertz CT molecular complexity index is 607. The number of hydrogen-bond acceptors (Lipinski definition) is 0. The fraction of sp³-hybridized carbons (Fsp3) is 0.500. The van der Waals surface area contributed by atoms with E-state index in [2.05, 4.69) is 48.5 Å². The van der Waals surface area contributed by atoms with Crippen LogP contribution in [-0.2, 0) is 0 Å². The van der Waals surface area contributed by atoms with E-state index < -0.39 is 0 Å². The van der Waals surface area contributed by atoms with Gasteiger partial charge in [-0.05, 0) is 59.8 Å². The summed E-state index contributed by atoms with van der Waals surface area (Å²) in [5, 5.41) is 0. The smallest absolute Gasteiger partial charge is 0.0162 e. The van der Waals surface area contributed by atoms with Gasteiger partial charge in [0.25, 0.3) is 0 Å².